The van der Waals surface area contributed by atoms with Gasteiger partial charge in [0, 0.05) is 27.3 Å². The quantitative estimate of drug-likeness (QED) is 0.379. The van der Waals surface area contributed by atoms with Gasteiger partial charge in [-0.05, 0) is 7.05 Å². The average molecular weight is 149 g/mol. The maximum atomic E-state index is 4.61. The Balaban J connectivity index is 0.000000144. The van der Waals surface area contributed by atoms with Gasteiger partial charge in [0.05, 0.1) is 0 Å². The van der Waals surface area contributed by atoms with Gasteiger partial charge in [-0.15, -0.1) is 0 Å². The Morgan fingerprint density at radius 2 is 1.56 bits per heavy atom. The maximum Gasteiger partial charge on any atom is 0.303 e. The van der Waals surface area contributed by atoms with Gasteiger partial charge in [0.1, 0.15) is 0 Å². The Morgan fingerprint density at radius 3 is 1.56 bits per heavy atom. The topological polar surface area (TPSA) is 21.5 Å². The molecule has 1 fully saturated rings. The molecule has 9 heavy (non-hydrogen) atoms. The van der Waals surface area contributed by atoms with E-state index in [0.717, 1.165) is 0 Å². The summed E-state index contributed by atoms with van der Waals surface area (Å²) in [5, 5.41) is 0. The average Bonchev–Trinajstić information content (AvgIpc) is 2.55. The molecule has 0 radical (unpaired) electrons. The van der Waals surface area contributed by atoms with Crippen molar-refractivity contribution in [1.29, 1.82) is 0 Å². The molecule has 1 rings (SSSR count). The second kappa shape index (κ2) is 6.22. The Kier molecular flexibility index (Phi) is 6.29. The monoisotopic (exact) mass is 149 g/mol. The lowest BCUT2D eigenvalue weighted by molar-refractivity contribution is 0.309. The van der Waals surface area contributed by atoms with Crippen molar-refractivity contribution in [2.75, 3.05) is 34.4 Å². The molecule has 1 heterocycles. The lowest BCUT2D eigenvalue weighted by atomic mass is 11.0. The van der Waals surface area contributed by atoms with Crippen LogP contribution in [0, 0.1) is 0 Å². The molecule has 0 atom stereocenters. The van der Waals surface area contributed by atoms with E-state index in [0.29, 0.717) is 0 Å². The Morgan fingerprint density at radius 1 is 1.22 bits per heavy atom. The van der Waals surface area contributed by atoms with Crippen LogP contribution in [0.25, 0.3) is 0 Å². The van der Waals surface area contributed by atoms with E-state index in [9.17, 15) is 0 Å². The van der Waals surface area contributed by atoms with Crippen molar-refractivity contribution in [2.45, 2.75) is 0 Å². The minimum Gasteiger partial charge on any atom is -0.402 e. The molecule has 0 saturated carbocycles. The second-order valence-electron chi connectivity index (χ2n) is 2.00. The lowest BCUT2D eigenvalue weighted by Crippen LogP contribution is -1.93. The van der Waals surface area contributed by atoms with Crippen LogP contribution in [0.4, 0.5) is 0 Å². The summed E-state index contributed by atoms with van der Waals surface area (Å²) in [7, 11) is 4.84. The van der Waals surface area contributed by atoms with Crippen molar-refractivity contribution >= 4 is 10.0 Å². The van der Waals surface area contributed by atoms with Gasteiger partial charge in [-0.25, -0.2) is 0 Å². The van der Waals surface area contributed by atoms with Gasteiger partial charge >= 0.3 is 10.0 Å². The largest absolute Gasteiger partial charge is 0.402 e. The highest BCUT2D eigenvalue weighted by molar-refractivity contribution is 6.17. The first-order chi connectivity index (χ1) is 4.31. The van der Waals surface area contributed by atoms with Crippen LogP contribution < -0.4 is 0 Å². The van der Waals surface area contributed by atoms with E-state index in [1.54, 1.807) is 14.2 Å². The van der Waals surface area contributed by atoms with Crippen molar-refractivity contribution < 1.29 is 8.85 Å². The number of likely N-dealkylation sites (N-methyl/N-ethyl adjacent to an activating group) is 1. The Labute approximate surface area is 59.0 Å². The van der Waals surface area contributed by atoms with E-state index >= 15 is 0 Å². The van der Waals surface area contributed by atoms with Gasteiger partial charge in [0.2, 0.25) is 0 Å². The van der Waals surface area contributed by atoms with Crippen molar-refractivity contribution in [1.82, 2.24) is 4.90 Å². The van der Waals surface area contributed by atoms with E-state index < -0.39 is 10.0 Å². The predicted molar refractivity (Wildman–Crippen MR) is 40.1 cm³/mol. The van der Waals surface area contributed by atoms with Crippen LogP contribution in [-0.4, -0.2) is 49.3 Å². The molecular formula is C5H15NO2Si. The minimum atomic E-state index is -0.568. The van der Waals surface area contributed by atoms with E-state index in [2.05, 4.69) is 20.8 Å². The van der Waals surface area contributed by atoms with Crippen LogP contribution in [0.5, 0.6) is 0 Å². The first-order valence-electron chi connectivity index (χ1n) is 2.97. The molecule has 0 bridgehead atoms. The smallest absolute Gasteiger partial charge is 0.303 e. The van der Waals surface area contributed by atoms with Crippen molar-refractivity contribution in [3.63, 3.8) is 0 Å². The molecule has 56 valence electrons. The summed E-state index contributed by atoms with van der Waals surface area (Å²) >= 11 is 0. The third kappa shape index (κ3) is 11.6. The van der Waals surface area contributed by atoms with E-state index in [1.165, 1.54) is 13.1 Å². The van der Waals surface area contributed by atoms with Crippen LogP contribution in [0.2, 0.25) is 0 Å². The van der Waals surface area contributed by atoms with Crippen LogP contribution in [0.1, 0.15) is 0 Å². The Bertz CT molecular complexity index is 56.9. The molecule has 0 N–H and O–H groups in total. The summed E-state index contributed by atoms with van der Waals surface area (Å²) in [6.07, 6.45) is 0. The first kappa shape index (κ1) is 9.10. The second-order valence-corrected chi connectivity index (χ2v) is 3.39. The van der Waals surface area contributed by atoms with Crippen molar-refractivity contribution in [3.8, 4) is 0 Å². The van der Waals surface area contributed by atoms with Crippen molar-refractivity contribution in [3.05, 3.63) is 0 Å². The molecule has 0 amide bonds. The fourth-order valence-corrected chi connectivity index (χ4v) is 0.454. The molecule has 0 aliphatic carbocycles. The predicted octanol–water partition coefficient (Wildman–Crippen LogP) is -0.790. The van der Waals surface area contributed by atoms with E-state index in [-0.39, 0.29) is 0 Å². The lowest BCUT2D eigenvalue weighted by Gasteiger charge is -1.86. The first-order valence-corrected chi connectivity index (χ1v) is 4.13. The molecule has 0 spiro atoms. The minimum absolute atomic E-state index is 0.568. The number of hydrogen-bond donors (Lipinski definition) is 0. The van der Waals surface area contributed by atoms with Gasteiger partial charge in [-0.1, -0.05) is 0 Å². The van der Waals surface area contributed by atoms with Crippen LogP contribution in [0.15, 0.2) is 0 Å². The van der Waals surface area contributed by atoms with Crippen LogP contribution in [0.3, 0.4) is 0 Å². The van der Waals surface area contributed by atoms with Gasteiger partial charge in [0.15, 0.2) is 0 Å². The molecule has 1 aliphatic heterocycles. The van der Waals surface area contributed by atoms with Crippen molar-refractivity contribution in [2.24, 2.45) is 0 Å². The fourth-order valence-electron chi connectivity index (χ4n) is 0.218. The molecule has 1 saturated heterocycles. The van der Waals surface area contributed by atoms with Crippen LogP contribution in [-0.2, 0) is 8.85 Å². The summed E-state index contributed by atoms with van der Waals surface area (Å²) in [5.41, 5.74) is 0. The van der Waals surface area contributed by atoms with Gasteiger partial charge in [-0.2, -0.15) is 0 Å². The third-order valence-corrected chi connectivity index (χ3v) is 1.38. The molecule has 0 unspecified atom stereocenters. The standard InChI is InChI=1S/C3H7N.C2H8O2Si/c1-4-2-3-4;1-3-5-4-2/h2-3H2,1H3;5H2,1-2H3. The molecule has 0 aromatic carbocycles. The Hall–Kier alpha value is 0.0969. The SMILES string of the molecule is CN1CC1.CO[SiH2]OC. The molecule has 0 aromatic rings. The summed E-state index contributed by atoms with van der Waals surface area (Å²) in [6, 6.07) is 0. The van der Waals surface area contributed by atoms with Gasteiger partial charge < -0.3 is 13.8 Å². The van der Waals surface area contributed by atoms with E-state index in [1.807, 2.05) is 0 Å². The maximum absolute atomic E-state index is 4.61. The highest BCUT2D eigenvalue weighted by Crippen LogP contribution is 1.93. The molecule has 4 heteroatoms. The number of hydrogen-bond acceptors (Lipinski definition) is 3. The summed E-state index contributed by atoms with van der Waals surface area (Å²) < 4.78 is 9.22. The third-order valence-electron chi connectivity index (χ3n) is 0.907. The molecule has 3 nitrogen and oxygen atoms in total. The van der Waals surface area contributed by atoms with Gasteiger partial charge in [-0.3, -0.25) is 0 Å². The molecule has 1 aliphatic rings. The molecular weight excluding hydrogens is 134 g/mol. The van der Waals surface area contributed by atoms with E-state index in [4.69, 9.17) is 0 Å². The summed E-state index contributed by atoms with van der Waals surface area (Å²) in [4.78, 5) is 2.25. The normalized spacial score (nSPS) is 16.3. The summed E-state index contributed by atoms with van der Waals surface area (Å²) in [6.45, 7) is 2.64. The number of nitrogens with zero attached hydrogens (tertiary/aromatic N) is 1. The zero-order chi connectivity index (χ0) is 7.11. The number of rotatable bonds is 2. The van der Waals surface area contributed by atoms with Gasteiger partial charge in [0.25, 0.3) is 0 Å². The zero-order valence-corrected chi connectivity index (χ0v) is 7.80. The molecule has 0 aromatic heterocycles. The van der Waals surface area contributed by atoms with Crippen LogP contribution >= 0.6 is 0 Å². The highest BCUT2D eigenvalue weighted by Gasteiger charge is 2.07. The fraction of sp³-hybridized carbons (Fsp3) is 1.00. The highest BCUT2D eigenvalue weighted by atomic mass is 28.3. The zero-order valence-electron chi connectivity index (χ0n) is 6.39. The summed E-state index contributed by atoms with van der Waals surface area (Å²) in [5.74, 6) is 0.